The first-order chi connectivity index (χ1) is 6.70. The van der Waals surface area contributed by atoms with Crippen molar-refractivity contribution in [1.29, 1.82) is 0 Å². The Morgan fingerprint density at radius 1 is 1.50 bits per heavy atom. The number of amides is 2. The fourth-order valence-corrected chi connectivity index (χ4v) is 0.554. The van der Waals surface area contributed by atoms with E-state index < -0.39 is 12.0 Å². The molecule has 0 saturated carbocycles. The fourth-order valence-electron chi connectivity index (χ4n) is 0.554. The molecule has 0 heterocycles. The van der Waals surface area contributed by atoms with Crippen molar-refractivity contribution in [1.82, 2.24) is 10.7 Å². The Balaban J connectivity index is 3.55. The fraction of sp³-hybridized carbons (Fsp3) is 0.625. The van der Waals surface area contributed by atoms with E-state index in [1.54, 1.807) is 0 Å². The van der Waals surface area contributed by atoms with Gasteiger partial charge in [0.25, 0.3) is 0 Å². The van der Waals surface area contributed by atoms with Crippen LogP contribution in [0.1, 0.15) is 19.8 Å². The number of rotatable bonds is 5. The van der Waals surface area contributed by atoms with Gasteiger partial charge in [0.2, 0.25) is 0 Å². The number of urea groups is 1. The van der Waals surface area contributed by atoms with Crippen LogP contribution in [0.5, 0.6) is 0 Å². The highest BCUT2D eigenvalue weighted by molar-refractivity contribution is 6.23. The van der Waals surface area contributed by atoms with Crippen molar-refractivity contribution >= 4 is 18.2 Å². The molecule has 0 spiro atoms. The summed E-state index contributed by atoms with van der Waals surface area (Å²) in [6, 6.07) is -0.484. The normalized spacial score (nSPS) is 9.86. The number of hydrogen-bond acceptors (Lipinski definition) is 4. The Kier molecular flexibility index (Phi) is 7.12. The van der Waals surface area contributed by atoms with Crippen LogP contribution in [0.15, 0.2) is 5.10 Å². The van der Waals surface area contributed by atoms with E-state index in [4.69, 9.17) is 4.74 Å². The van der Waals surface area contributed by atoms with E-state index in [1.807, 2.05) is 6.92 Å². The van der Waals surface area contributed by atoms with Crippen molar-refractivity contribution in [3.05, 3.63) is 0 Å². The molecular formula is C8H15N3O3. The highest BCUT2D eigenvalue weighted by Crippen LogP contribution is 1.87. The first kappa shape index (κ1) is 12.4. The molecule has 0 aliphatic rings. The molecule has 0 unspecified atom stereocenters. The number of hydrogen-bond donors (Lipinski definition) is 2. The third kappa shape index (κ3) is 7.08. The third-order valence-corrected chi connectivity index (χ3v) is 1.31. The number of hydrazone groups is 1. The molecule has 80 valence electrons. The Hall–Kier alpha value is -1.59. The second kappa shape index (κ2) is 8.03. The molecule has 14 heavy (non-hydrogen) atoms. The maximum absolute atomic E-state index is 10.8. The third-order valence-electron chi connectivity index (χ3n) is 1.31. The van der Waals surface area contributed by atoms with Gasteiger partial charge >= 0.3 is 12.0 Å². The minimum atomic E-state index is -0.560. The average Bonchev–Trinajstić information content (AvgIpc) is 2.18. The SMILES string of the molecule is CCCCOC(=O)/C=N/NC(=O)NC. The second-order valence-electron chi connectivity index (χ2n) is 2.47. The van der Waals surface area contributed by atoms with Gasteiger partial charge in [0, 0.05) is 7.05 Å². The smallest absolute Gasteiger partial charge is 0.351 e. The molecule has 0 bridgehead atoms. The van der Waals surface area contributed by atoms with Crippen molar-refractivity contribution in [2.24, 2.45) is 5.10 Å². The van der Waals surface area contributed by atoms with E-state index in [9.17, 15) is 9.59 Å². The lowest BCUT2D eigenvalue weighted by atomic mass is 10.4. The molecule has 0 fully saturated rings. The number of esters is 1. The van der Waals surface area contributed by atoms with Gasteiger partial charge in [-0.05, 0) is 6.42 Å². The van der Waals surface area contributed by atoms with Crippen LogP contribution in [0.2, 0.25) is 0 Å². The predicted octanol–water partition coefficient (Wildman–Crippen LogP) is 0.245. The molecule has 0 aromatic carbocycles. The van der Waals surface area contributed by atoms with Gasteiger partial charge in [-0.15, -0.1) is 0 Å². The van der Waals surface area contributed by atoms with Gasteiger partial charge in [0.1, 0.15) is 6.21 Å². The molecule has 6 nitrogen and oxygen atoms in total. The summed E-state index contributed by atoms with van der Waals surface area (Å²) in [5.74, 6) is -0.560. The lowest BCUT2D eigenvalue weighted by Crippen LogP contribution is -2.29. The minimum absolute atomic E-state index is 0.376. The maximum atomic E-state index is 10.8. The van der Waals surface area contributed by atoms with Crippen molar-refractivity contribution in [3.63, 3.8) is 0 Å². The largest absolute Gasteiger partial charge is 0.461 e. The molecule has 0 radical (unpaired) electrons. The van der Waals surface area contributed by atoms with Gasteiger partial charge in [-0.2, -0.15) is 5.10 Å². The zero-order valence-electron chi connectivity index (χ0n) is 8.37. The van der Waals surface area contributed by atoms with Gasteiger partial charge in [-0.3, -0.25) is 0 Å². The summed E-state index contributed by atoms with van der Waals surface area (Å²) in [5, 5.41) is 5.63. The van der Waals surface area contributed by atoms with E-state index in [1.165, 1.54) is 7.05 Å². The predicted molar refractivity (Wildman–Crippen MR) is 52.0 cm³/mol. The Morgan fingerprint density at radius 2 is 2.21 bits per heavy atom. The summed E-state index contributed by atoms with van der Waals surface area (Å²) in [6.07, 6.45) is 2.70. The van der Waals surface area contributed by atoms with Gasteiger partial charge in [-0.25, -0.2) is 15.0 Å². The van der Waals surface area contributed by atoms with Gasteiger partial charge < -0.3 is 10.1 Å². The van der Waals surface area contributed by atoms with Crippen LogP contribution in [-0.4, -0.2) is 31.9 Å². The molecule has 0 saturated heterocycles. The molecule has 0 aliphatic carbocycles. The average molecular weight is 201 g/mol. The maximum Gasteiger partial charge on any atom is 0.351 e. The monoisotopic (exact) mass is 201 g/mol. The summed E-state index contributed by atoms with van der Waals surface area (Å²) in [4.78, 5) is 21.4. The van der Waals surface area contributed by atoms with Crippen LogP contribution in [0.4, 0.5) is 4.79 Å². The number of unbranched alkanes of at least 4 members (excludes halogenated alkanes) is 1. The first-order valence-electron chi connectivity index (χ1n) is 4.38. The van der Waals surface area contributed by atoms with Crippen LogP contribution in [0.25, 0.3) is 0 Å². The topological polar surface area (TPSA) is 79.8 Å². The van der Waals surface area contributed by atoms with Crippen molar-refractivity contribution in [3.8, 4) is 0 Å². The molecule has 0 aromatic rings. The van der Waals surface area contributed by atoms with Crippen molar-refractivity contribution in [2.75, 3.05) is 13.7 Å². The molecule has 0 atom stereocenters. The quantitative estimate of drug-likeness (QED) is 0.289. The number of carbonyl (C=O) groups excluding carboxylic acids is 2. The van der Waals surface area contributed by atoms with Crippen molar-refractivity contribution in [2.45, 2.75) is 19.8 Å². The highest BCUT2D eigenvalue weighted by Gasteiger charge is 1.97. The van der Waals surface area contributed by atoms with Crippen LogP contribution in [0, 0.1) is 0 Å². The summed E-state index contributed by atoms with van der Waals surface area (Å²) < 4.78 is 4.74. The molecule has 0 aromatic heterocycles. The van der Waals surface area contributed by atoms with Crippen LogP contribution >= 0.6 is 0 Å². The van der Waals surface area contributed by atoms with Crippen LogP contribution < -0.4 is 10.7 Å². The van der Waals surface area contributed by atoms with Gasteiger partial charge in [0.15, 0.2) is 0 Å². The Morgan fingerprint density at radius 3 is 2.79 bits per heavy atom. The molecular weight excluding hydrogens is 186 g/mol. The molecule has 2 amide bonds. The summed E-state index contributed by atoms with van der Waals surface area (Å²) >= 11 is 0. The number of nitrogens with one attached hydrogen (secondary N) is 2. The Labute approximate surface area is 82.7 Å². The van der Waals surface area contributed by atoms with Crippen molar-refractivity contribution < 1.29 is 14.3 Å². The summed E-state index contributed by atoms with van der Waals surface area (Å²) in [7, 11) is 1.45. The van der Waals surface area contributed by atoms with Gasteiger partial charge in [0.05, 0.1) is 6.61 Å². The molecule has 6 heteroatoms. The zero-order valence-corrected chi connectivity index (χ0v) is 8.37. The van der Waals surface area contributed by atoms with Gasteiger partial charge in [-0.1, -0.05) is 13.3 Å². The molecule has 0 rings (SSSR count). The lowest BCUT2D eigenvalue weighted by Gasteiger charge is -1.99. The lowest BCUT2D eigenvalue weighted by molar-refractivity contribution is -0.135. The van der Waals surface area contributed by atoms with E-state index in [0.717, 1.165) is 19.1 Å². The zero-order chi connectivity index (χ0) is 10.8. The van der Waals surface area contributed by atoms with Crippen LogP contribution in [-0.2, 0) is 9.53 Å². The summed E-state index contributed by atoms with van der Waals surface area (Å²) in [5.41, 5.74) is 2.07. The number of nitrogens with zero attached hydrogens (tertiary/aromatic N) is 1. The Bertz CT molecular complexity index is 216. The number of carbonyl (C=O) groups is 2. The molecule has 0 aliphatic heterocycles. The highest BCUT2D eigenvalue weighted by atomic mass is 16.5. The van der Waals surface area contributed by atoms with E-state index in [0.29, 0.717) is 6.61 Å². The number of ether oxygens (including phenoxy) is 1. The van der Waals surface area contributed by atoms with Crippen LogP contribution in [0.3, 0.4) is 0 Å². The van der Waals surface area contributed by atoms with E-state index in [-0.39, 0.29) is 0 Å². The van der Waals surface area contributed by atoms with E-state index >= 15 is 0 Å². The van der Waals surface area contributed by atoms with E-state index in [2.05, 4.69) is 15.8 Å². The summed E-state index contributed by atoms with van der Waals surface area (Å²) in [6.45, 7) is 2.37. The standard InChI is InChI=1S/C8H15N3O3/c1-3-4-5-14-7(12)6-10-11-8(13)9-2/h6H,3-5H2,1-2H3,(H2,9,11,13)/b10-6+. The molecule has 2 N–H and O–H groups in total. The minimum Gasteiger partial charge on any atom is -0.461 e. The second-order valence-corrected chi connectivity index (χ2v) is 2.47. The first-order valence-corrected chi connectivity index (χ1v) is 4.38.